The molecule has 3 nitrogen and oxygen atoms in total. The number of fused-ring (bicyclic) bond motifs is 1. The summed E-state index contributed by atoms with van der Waals surface area (Å²) in [6.07, 6.45) is 1.28. The van der Waals surface area contributed by atoms with Crippen LogP contribution < -0.4 is 5.43 Å². The molecule has 0 amide bonds. The second kappa shape index (κ2) is 4.08. The number of aliphatic hydroxyl groups excluding tert-OH is 1. The van der Waals surface area contributed by atoms with Crippen LogP contribution in [-0.4, -0.2) is 5.11 Å². The fraction of sp³-hybridized carbons (Fsp3) is 0.100. The van der Waals surface area contributed by atoms with E-state index in [0.717, 1.165) is 4.47 Å². The van der Waals surface area contributed by atoms with Gasteiger partial charge in [0.15, 0.2) is 11.0 Å². The van der Waals surface area contributed by atoms with Crippen LogP contribution in [0.15, 0.2) is 36.6 Å². The fourth-order valence-corrected chi connectivity index (χ4v) is 2.63. The zero-order valence-electron chi connectivity index (χ0n) is 7.46. The number of aliphatic hydroxyl groups is 1. The average molecular weight is 334 g/mol. The molecule has 0 aliphatic rings. The van der Waals surface area contributed by atoms with Crippen LogP contribution in [0.2, 0.25) is 0 Å². The Morgan fingerprint density at radius 3 is 2.73 bits per heavy atom. The van der Waals surface area contributed by atoms with Crippen molar-refractivity contribution in [3.63, 3.8) is 0 Å². The Hall–Kier alpha value is -0.650. The van der Waals surface area contributed by atoms with Crippen LogP contribution in [0, 0.1) is 0 Å². The minimum absolute atomic E-state index is 0.208. The first-order chi connectivity index (χ1) is 7.13. The van der Waals surface area contributed by atoms with Crippen molar-refractivity contribution in [1.29, 1.82) is 0 Å². The normalized spacial score (nSPS) is 10.9. The molecule has 0 radical (unpaired) electrons. The SMILES string of the molecule is O=c1c(CO)coc2c(Br)cc(Br)cc12. The summed E-state index contributed by atoms with van der Waals surface area (Å²) in [5.41, 5.74) is 0.536. The van der Waals surface area contributed by atoms with Crippen LogP contribution in [0.1, 0.15) is 5.56 Å². The van der Waals surface area contributed by atoms with Gasteiger partial charge < -0.3 is 9.52 Å². The van der Waals surface area contributed by atoms with Gasteiger partial charge in [-0.25, -0.2) is 0 Å². The molecular weight excluding hydrogens is 328 g/mol. The quantitative estimate of drug-likeness (QED) is 0.873. The third-order valence-electron chi connectivity index (χ3n) is 2.03. The predicted octanol–water partition coefficient (Wildman–Crippen LogP) is 2.81. The first kappa shape index (κ1) is 10.9. The van der Waals surface area contributed by atoms with Crippen molar-refractivity contribution < 1.29 is 9.52 Å². The summed E-state index contributed by atoms with van der Waals surface area (Å²) in [6.45, 7) is -0.317. The van der Waals surface area contributed by atoms with E-state index in [1.807, 2.05) is 0 Å². The van der Waals surface area contributed by atoms with Crippen LogP contribution in [0.3, 0.4) is 0 Å². The Kier molecular flexibility index (Phi) is 2.95. The van der Waals surface area contributed by atoms with Crippen LogP contribution >= 0.6 is 31.9 Å². The van der Waals surface area contributed by atoms with Gasteiger partial charge in [0.05, 0.1) is 22.0 Å². The van der Waals surface area contributed by atoms with Gasteiger partial charge >= 0.3 is 0 Å². The molecule has 1 aromatic carbocycles. The van der Waals surface area contributed by atoms with Gasteiger partial charge in [-0.05, 0) is 28.1 Å². The summed E-state index contributed by atoms with van der Waals surface area (Å²) in [6, 6.07) is 3.47. The molecule has 0 atom stereocenters. The minimum Gasteiger partial charge on any atom is -0.463 e. The van der Waals surface area contributed by atoms with E-state index in [1.165, 1.54) is 6.26 Å². The molecule has 0 aliphatic carbocycles. The monoisotopic (exact) mass is 332 g/mol. The third kappa shape index (κ3) is 1.87. The van der Waals surface area contributed by atoms with E-state index < -0.39 is 0 Å². The van der Waals surface area contributed by atoms with Crippen molar-refractivity contribution in [1.82, 2.24) is 0 Å². The Labute approximate surface area is 102 Å². The number of benzene rings is 1. The fourth-order valence-electron chi connectivity index (χ4n) is 1.31. The van der Waals surface area contributed by atoms with Crippen LogP contribution in [-0.2, 0) is 6.61 Å². The van der Waals surface area contributed by atoms with Gasteiger partial charge in [0.1, 0.15) is 6.26 Å². The maximum atomic E-state index is 11.8. The molecule has 5 heteroatoms. The van der Waals surface area contributed by atoms with Crippen molar-refractivity contribution >= 4 is 42.8 Å². The topological polar surface area (TPSA) is 50.4 Å². The maximum absolute atomic E-state index is 11.8. The zero-order chi connectivity index (χ0) is 11.0. The first-order valence-electron chi connectivity index (χ1n) is 4.14. The van der Waals surface area contributed by atoms with Crippen LogP contribution in [0.25, 0.3) is 11.0 Å². The smallest absolute Gasteiger partial charge is 0.198 e. The molecule has 1 aromatic heterocycles. The molecule has 0 bridgehead atoms. The lowest BCUT2D eigenvalue weighted by atomic mass is 10.2. The maximum Gasteiger partial charge on any atom is 0.198 e. The number of halogens is 2. The lowest BCUT2D eigenvalue weighted by Crippen LogP contribution is -2.08. The van der Waals surface area contributed by atoms with Gasteiger partial charge in [0.25, 0.3) is 0 Å². The molecule has 15 heavy (non-hydrogen) atoms. The van der Waals surface area contributed by atoms with Gasteiger partial charge in [-0.15, -0.1) is 0 Å². The summed E-state index contributed by atoms with van der Waals surface area (Å²) in [5, 5.41) is 9.38. The molecule has 78 valence electrons. The Bertz CT molecular complexity index is 575. The summed E-state index contributed by atoms with van der Waals surface area (Å²) in [7, 11) is 0. The summed E-state index contributed by atoms with van der Waals surface area (Å²) in [5.74, 6) is 0. The van der Waals surface area contributed by atoms with E-state index in [1.54, 1.807) is 12.1 Å². The van der Waals surface area contributed by atoms with Crippen LogP contribution in [0.4, 0.5) is 0 Å². The molecule has 2 aromatic rings. The summed E-state index contributed by atoms with van der Waals surface area (Å²) >= 11 is 6.59. The minimum atomic E-state index is -0.317. The van der Waals surface area contributed by atoms with E-state index in [0.29, 0.717) is 15.4 Å². The second-order valence-corrected chi connectivity index (χ2v) is 4.78. The van der Waals surface area contributed by atoms with Crippen molar-refractivity contribution in [2.45, 2.75) is 6.61 Å². The predicted molar refractivity (Wildman–Crippen MR) is 63.8 cm³/mol. The molecular formula is C10H6Br2O3. The van der Waals surface area contributed by atoms with Crippen molar-refractivity contribution in [3.05, 3.63) is 43.1 Å². The van der Waals surface area contributed by atoms with Crippen molar-refractivity contribution in [2.24, 2.45) is 0 Å². The highest BCUT2D eigenvalue weighted by Crippen LogP contribution is 2.26. The highest BCUT2D eigenvalue weighted by molar-refractivity contribution is 9.11. The molecule has 0 saturated carbocycles. The zero-order valence-corrected chi connectivity index (χ0v) is 10.6. The van der Waals surface area contributed by atoms with E-state index in [4.69, 9.17) is 9.52 Å². The average Bonchev–Trinajstić information content (AvgIpc) is 2.19. The van der Waals surface area contributed by atoms with E-state index in [-0.39, 0.29) is 17.6 Å². The molecule has 2 rings (SSSR count). The first-order valence-corrected chi connectivity index (χ1v) is 5.72. The molecule has 0 aliphatic heterocycles. The lowest BCUT2D eigenvalue weighted by molar-refractivity contribution is 0.277. The molecule has 0 spiro atoms. The largest absolute Gasteiger partial charge is 0.463 e. The van der Waals surface area contributed by atoms with Gasteiger partial charge in [-0.2, -0.15) is 0 Å². The number of hydrogen-bond donors (Lipinski definition) is 1. The second-order valence-electron chi connectivity index (χ2n) is 3.01. The molecule has 1 N–H and O–H groups in total. The Morgan fingerprint density at radius 1 is 1.33 bits per heavy atom. The molecule has 0 unspecified atom stereocenters. The Balaban J connectivity index is 2.93. The molecule has 1 heterocycles. The standard InChI is InChI=1S/C10H6Br2O3/c11-6-1-7-9(14)5(3-13)4-15-10(7)8(12)2-6/h1-2,4,13H,3H2. The van der Waals surface area contributed by atoms with Gasteiger partial charge in [0, 0.05) is 4.47 Å². The van der Waals surface area contributed by atoms with Gasteiger partial charge in [0.2, 0.25) is 0 Å². The van der Waals surface area contributed by atoms with Crippen molar-refractivity contribution in [3.8, 4) is 0 Å². The van der Waals surface area contributed by atoms with Crippen LogP contribution in [0.5, 0.6) is 0 Å². The molecule has 0 fully saturated rings. The van der Waals surface area contributed by atoms with Crippen molar-refractivity contribution in [2.75, 3.05) is 0 Å². The molecule has 0 saturated heterocycles. The van der Waals surface area contributed by atoms with Gasteiger partial charge in [-0.3, -0.25) is 4.79 Å². The van der Waals surface area contributed by atoms with E-state index in [2.05, 4.69) is 31.9 Å². The highest BCUT2D eigenvalue weighted by atomic mass is 79.9. The lowest BCUT2D eigenvalue weighted by Gasteiger charge is -2.02. The van der Waals surface area contributed by atoms with Gasteiger partial charge in [-0.1, -0.05) is 15.9 Å². The number of rotatable bonds is 1. The summed E-state index contributed by atoms with van der Waals surface area (Å²) < 4.78 is 6.76. The third-order valence-corrected chi connectivity index (χ3v) is 3.08. The Morgan fingerprint density at radius 2 is 2.07 bits per heavy atom. The summed E-state index contributed by atoms with van der Waals surface area (Å²) in [4.78, 5) is 11.8. The van der Waals surface area contributed by atoms with E-state index >= 15 is 0 Å². The number of hydrogen-bond acceptors (Lipinski definition) is 3. The van der Waals surface area contributed by atoms with E-state index in [9.17, 15) is 4.79 Å². The highest BCUT2D eigenvalue weighted by Gasteiger charge is 2.09.